The van der Waals surface area contributed by atoms with Crippen LogP contribution < -0.4 is 20.9 Å². The maximum Gasteiger partial charge on any atom is 0.256 e. The molecule has 1 unspecified atom stereocenters. The quantitative estimate of drug-likeness (QED) is 0.0857. The lowest BCUT2D eigenvalue weighted by Gasteiger charge is -2.22. The molecule has 1 aliphatic heterocycles. The number of benzene rings is 4. The van der Waals surface area contributed by atoms with Crippen molar-refractivity contribution < 1.29 is 13.2 Å². The van der Waals surface area contributed by atoms with E-state index in [-0.39, 0.29) is 33.7 Å². The molecule has 0 bridgehead atoms. The van der Waals surface area contributed by atoms with Crippen molar-refractivity contribution in [3.8, 4) is 0 Å². The third-order valence-electron chi connectivity index (χ3n) is 8.71. The molecule has 47 heavy (non-hydrogen) atoms. The molecule has 4 aromatic rings. The van der Waals surface area contributed by atoms with Crippen LogP contribution in [0.2, 0.25) is 0 Å². The number of nitrogens with zero attached hydrogens (tertiary/aromatic N) is 2. The van der Waals surface area contributed by atoms with E-state index in [1.807, 2.05) is 6.92 Å². The number of carbonyl (C=O) groups is 1. The molecule has 0 fully saturated rings. The smallest absolute Gasteiger partial charge is 0.256 e. The molecule has 0 aromatic heterocycles. The van der Waals surface area contributed by atoms with Crippen molar-refractivity contribution in [3.63, 3.8) is 0 Å². The van der Waals surface area contributed by atoms with Gasteiger partial charge in [-0.25, -0.2) is 13.4 Å². The molecule has 5 rings (SSSR count). The topological polar surface area (TPSA) is 66.8 Å². The zero-order valence-corrected chi connectivity index (χ0v) is 30.8. The van der Waals surface area contributed by atoms with Gasteiger partial charge in [0.25, 0.3) is 5.91 Å². The van der Waals surface area contributed by atoms with Gasteiger partial charge in [-0.15, -0.1) is 17.0 Å². The third kappa shape index (κ3) is 9.95. The van der Waals surface area contributed by atoms with Gasteiger partial charge in [-0.3, -0.25) is 4.79 Å². The minimum Gasteiger partial charge on any atom is -0.272 e. The van der Waals surface area contributed by atoms with Crippen molar-refractivity contribution in [2.75, 3.05) is 11.3 Å². The average molecular weight is 734 g/mol. The molecule has 0 N–H and O–H groups in total. The molecule has 1 aliphatic rings. The van der Waals surface area contributed by atoms with E-state index >= 15 is 0 Å². The number of hydrazone groups is 1. The molecule has 1 atom stereocenters. The van der Waals surface area contributed by atoms with E-state index < -0.39 is 17.8 Å². The highest BCUT2D eigenvalue weighted by Gasteiger charge is 2.34. The SMILES string of the molecule is Br.CC1=NN(c2cccc(S(C)(=O)=O)c2)C(=O)C1CCCCCCCCCCc1ccccc1P(c1ccccc1)c1ccccc1. The van der Waals surface area contributed by atoms with Crippen molar-refractivity contribution >= 4 is 68.0 Å². The molecule has 0 spiro atoms. The normalized spacial score (nSPS) is 14.7. The number of hydrogen-bond donors (Lipinski definition) is 0. The zero-order chi connectivity index (χ0) is 32.4. The second-order valence-corrected chi connectivity index (χ2v) is 16.4. The average Bonchev–Trinajstić information content (AvgIpc) is 3.35. The molecular weight excluding hydrogens is 687 g/mol. The Balaban J connectivity index is 0.00000500. The number of hydrogen-bond acceptors (Lipinski definition) is 4. The second-order valence-electron chi connectivity index (χ2n) is 12.2. The number of sulfone groups is 1. The molecule has 4 aromatic carbocycles. The van der Waals surface area contributed by atoms with Crippen molar-refractivity contribution in [2.45, 2.75) is 76.0 Å². The van der Waals surface area contributed by atoms with Crippen LogP contribution >= 0.6 is 24.9 Å². The predicted molar refractivity (Wildman–Crippen MR) is 204 cm³/mol. The summed E-state index contributed by atoms with van der Waals surface area (Å²) >= 11 is 0. The van der Waals surface area contributed by atoms with Crippen LogP contribution in [0.15, 0.2) is 119 Å². The van der Waals surface area contributed by atoms with E-state index in [9.17, 15) is 13.2 Å². The summed E-state index contributed by atoms with van der Waals surface area (Å²) in [5.41, 5.74) is 2.78. The van der Waals surface area contributed by atoms with Gasteiger partial charge in [0.15, 0.2) is 9.84 Å². The molecule has 0 saturated heterocycles. The Kier molecular flexibility index (Phi) is 14.0. The first-order valence-corrected chi connectivity index (χ1v) is 19.7. The summed E-state index contributed by atoms with van der Waals surface area (Å²) in [4.78, 5) is 13.3. The standard InChI is InChI=1S/C39H45N2O3PS.BrH/c1-31-37(39(42)41(40-31)33-22-19-27-36(30-33)46(2,43)44)28-16-8-6-4-3-5-7-11-20-32-21-17-18-29-38(32)45(34-23-12-9-13-24-34)35-25-14-10-15-26-35;/h9-10,12-15,17-19,21-27,29-30,37H,3-8,11,16,20,28H2,1-2H3;1H. The first-order chi connectivity index (χ1) is 22.3. The van der Waals surface area contributed by atoms with Gasteiger partial charge < -0.3 is 0 Å². The summed E-state index contributed by atoms with van der Waals surface area (Å²) in [6, 6.07) is 37.4. The van der Waals surface area contributed by atoms with Gasteiger partial charge in [0.05, 0.1) is 16.5 Å². The number of aryl methyl sites for hydroxylation is 1. The van der Waals surface area contributed by atoms with Crippen LogP contribution in [0, 0.1) is 5.92 Å². The maximum absolute atomic E-state index is 13.1. The van der Waals surface area contributed by atoms with Crippen molar-refractivity contribution in [1.82, 2.24) is 0 Å². The van der Waals surface area contributed by atoms with Gasteiger partial charge >= 0.3 is 0 Å². The summed E-state index contributed by atoms with van der Waals surface area (Å²) in [7, 11) is -3.94. The largest absolute Gasteiger partial charge is 0.272 e. The lowest BCUT2D eigenvalue weighted by Crippen LogP contribution is -2.27. The number of halogens is 1. The first-order valence-electron chi connectivity index (χ1n) is 16.5. The number of anilines is 1. The molecule has 1 amide bonds. The second kappa shape index (κ2) is 17.9. The highest BCUT2D eigenvalue weighted by molar-refractivity contribution is 8.93. The Morgan fingerprint density at radius 3 is 1.87 bits per heavy atom. The fourth-order valence-electron chi connectivity index (χ4n) is 6.21. The summed E-state index contributed by atoms with van der Waals surface area (Å²) in [6.07, 6.45) is 12.5. The summed E-state index contributed by atoms with van der Waals surface area (Å²) < 4.78 is 23.9. The van der Waals surface area contributed by atoms with Crippen LogP contribution in [0.25, 0.3) is 0 Å². The minimum atomic E-state index is -3.35. The van der Waals surface area contributed by atoms with Gasteiger partial charge in [-0.05, 0) is 73.8 Å². The fourth-order valence-corrected chi connectivity index (χ4v) is 9.38. The predicted octanol–water partition coefficient (Wildman–Crippen LogP) is 8.52. The third-order valence-corrected chi connectivity index (χ3v) is 12.4. The molecular formula is C39H46BrN2O3PS. The van der Waals surface area contributed by atoms with Gasteiger partial charge in [0.1, 0.15) is 0 Å². The van der Waals surface area contributed by atoms with Crippen molar-refractivity contribution in [3.05, 3.63) is 115 Å². The Morgan fingerprint density at radius 1 is 0.702 bits per heavy atom. The molecule has 8 heteroatoms. The number of carbonyl (C=O) groups excluding carboxylic acids is 1. The van der Waals surface area contributed by atoms with E-state index in [0.717, 1.165) is 31.4 Å². The number of amides is 1. The Bertz CT molecular complexity index is 1690. The van der Waals surface area contributed by atoms with Crippen LogP contribution in [0.3, 0.4) is 0 Å². The van der Waals surface area contributed by atoms with Gasteiger partial charge in [-0.2, -0.15) is 5.10 Å². The molecule has 0 aliphatic carbocycles. The lowest BCUT2D eigenvalue weighted by atomic mass is 9.96. The minimum absolute atomic E-state index is 0. The monoisotopic (exact) mass is 732 g/mol. The fraction of sp³-hybridized carbons (Fsp3) is 0.333. The van der Waals surface area contributed by atoms with Crippen LogP contribution in [-0.2, 0) is 21.1 Å². The Hall–Kier alpha value is -3.12. The Morgan fingerprint density at radius 2 is 1.26 bits per heavy atom. The molecule has 5 nitrogen and oxygen atoms in total. The van der Waals surface area contributed by atoms with E-state index in [0.29, 0.717) is 5.69 Å². The zero-order valence-electron chi connectivity index (χ0n) is 27.4. The summed E-state index contributed by atoms with van der Waals surface area (Å²) in [5.74, 6) is -0.292. The van der Waals surface area contributed by atoms with E-state index in [1.165, 1.54) is 77.3 Å². The van der Waals surface area contributed by atoms with Crippen LogP contribution in [0.4, 0.5) is 5.69 Å². The highest BCUT2D eigenvalue weighted by atomic mass is 79.9. The van der Waals surface area contributed by atoms with Crippen LogP contribution in [0.5, 0.6) is 0 Å². The number of rotatable bonds is 16. The van der Waals surface area contributed by atoms with E-state index in [4.69, 9.17) is 0 Å². The number of unbranched alkanes of at least 4 members (excludes halogenated alkanes) is 7. The summed E-state index contributed by atoms with van der Waals surface area (Å²) in [5, 5.41) is 10.1. The molecule has 1 heterocycles. The lowest BCUT2D eigenvalue weighted by molar-refractivity contribution is -0.119. The van der Waals surface area contributed by atoms with Crippen molar-refractivity contribution in [2.24, 2.45) is 11.0 Å². The molecule has 0 radical (unpaired) electrons. The van der Waals surface area contributed by atoms with Gasteiger partial charge in [0.2, 0.25) is 0 Å². The molecule has 248 valence electrons. The van der Waals surface area contributed by atoms with Gasteiger partial charge in [0, 0.05) is 12.0 Å². The van der Waals surface area contributed by atoms with Crippen LogP contribution in [0.1, 0.15) is 70.3 Å². The Labute approximate surface area is 292 Å². The summed E-state index contributed by atoms with van der Waals surface area (Å²) in [6.45, 7) is 1.89. The highest BCUT2D eigenvalue weighted by Crippen LogP contribution is 2.34. The van der Waals surface area contributed by atoms with E-state index in [1.54, 1.807) is 18.2 Å². The first kappa shape index (κ1) is 36.7. The van der Waals surface area contributed by atoms with Gasteiger partial charge in [-0.1, -0.05) is 136 Å². The molecule has 0 saturated carbocycles. The maximum atomic E-state index is 13.1. The van der Waals surface area contributed by atoms with Crippen LogP contribution in [-0.4, -0.2) is 26.3 Å². The van der Waals surface area contributed by atoms with Crippen molar-refractivity contribution in [1.29, 1.82) is 0 Å². The van der Waals surface area contributed by atoms with E-state index in [2.05, 4.69) is 90.0 Å².